The van der Waals surface area contributed by atoms with Gasteiger partial charge in [-0.2, -0.15) is 0 Å². The van der Waals surface area contributed by atoms with E-state index in [-0.39, 0.29) is 0 Å². The van der Waals surface area contributed by atoms with E-state index in [0.717, 1.165) is 4.90 Å². The van der Waals surface area contributed by atoms with Crippen LogP contribution in [0.4, 0.5) is 0 Å². The van der Waals surface area contributed by atoms with E-state index < -0.39 is 0 Å². The number of hydrogen-bond donors (Lipinski definition) is 2. The molecule has 0 spiro atoms. The van der Waals surface area contributed by atoms with Crippen molar-refractivity contribution in [3.05, 3.63) is 54.2 Å². The Morgan fingerprint density at radius 1 is 1.06 bits per heavy atom. The van der Waals surface area contributed by atoms with Crippen molar-refractivity contribution in [1.82, 2.24) is 4.98 Å². The summed E-state index contributed by atoms with van der Waals surface area (Å²) in [5.41, 5.74) is 4.92. The minimum atomic E-state index is 1.08. The molecule has 3 heteroatoms. The van der Waals surface area contributed by atoms with Crippen molar-refractivity contribution in [2.24, 2.45) is 5.14 Å². The van der Waals surface area contributed by atoms with Gasteiger partial charge < -0.3 is 4.98 Å². The topological polar surface area (TPSA) is 41.8 Å². The zero-order chi connectivity index (χ0) is 12.5. The molecule has 1 heterocycles. The minimum absolute atomic E-state index is 1.08. The van der Waals surface area contributed by atoms with E-state index >= 15 is 0 Å². The van der Waals surface area contributed by atoms with E-state index in [9.17, 15) is 0 Å². The Kier molecular flexibility index (Phi) is 2.86. The predicted molar refractivity (Wildman–Crippen MR) is 78.5 cm³/mol. The fourth-order valence-electron chi connectivity index (χ4n) is 2.25. The van der Waals surface area contributed by atoms with Crippen molar-refractivity contribution < 1.29 is 0 Å². The summed E-state index contributed by atoms with van der Waals surface area (Å²) >= 11 is 1.27. The van der Waals surface area contributed by atoms with Crippen LogP contribution in [0.25, 0.3) is 22.0 Å². The van der Waals surface area contributed by atoms with E-state index in [1.165, 1.54) is 39.5 Å². The van der Waals surface area contributed by atoms with Crippen LogP contribution in [0.15, 0.2) is 53.6 Å². The number of aromatic nitrogens is 1. The van der Waals surface area contributed by atoms with Crippen LogP contribution < -0.4 is 5.14 Å². The summed E-state index contributed by atoms with van der Waals surface area (Å²) in [5, 5.41) is 6.83. The van der Waals surface area contributed by atoms with Gasteiger partial charge in [0.05, 0.1) is 5.52 Å². The van der Waals surface area contributed by atoms with Crippen LogP contribution in [-0.2, 0) is 0 Å². The smallest absolute Gasteiger partial charge is 0.0536 e. The minimum Gasteiger partial charge on any atom is -0.360 e. The first-order valence-electron chi connectivity index (χ1n) is 5.83. The summed E-state index contributed by atoms with van der Waals surface area (Å²) in [6.45, 7) is 2.12. The van der Waals surface area contributed by atoms with Crippen molar-refractivity contribution in [3.63, 3.8) is 0 Å². The number of aromatic amines is 1. The maximum absolute atomic E-state index is 5.54. The van der Waals surface area contributed by atoms with Gasteiger partial charge in [-0.3, -0.25) is 5.14 Å². The first kappa shape index (κ1) is 11.4. The zero-order valence-electron chi connectivity index (χ0n) is 10.1. The lowest BCUT2D eigenvalue weighted by Gasteiger charge is -2.05. The Balaban J connectivity index is 2.18. The first-order valence-corrected chi connectivity index (χ1v) is 6.71. The SMILES string of the molecule is Cc1c[nH]c2c(-c3ccc(SN)cc3)cccc12. The van der Waals surface area contributed by atoms with Gasteiger partial charge in [-0.1, -0.05) is 30.3 Å². The molecule has 0 aliphatic rings. The van der Waals surface area contributed by atoms with Gasteiger partial charge in [0, 0.05) is 22.0 Å². The largest absolute Gasteiger partial charge is 0.360 e. The predicted octanol–water partition coefficient (Wildman–Crippen LogP) is 4.11. The molecule has 3 rings (SSSR count). The average Bonchev–Trinajstić information content (AvgIpc) is 2.81. The Bertz CT molecular complexity index is 683. The molecule has 0 fully saturated rings. The van der Waals surface area contributed by atoms with Crippen LogP contribution >= 0.6 is 11.9 Å². The molecule has 90 valence electrons. The molecule has 0 saturated heterocycles. The van der Waals surface area contributed by atoms with Gasteiger partial charge in [0.25, 0.3) is 0 Å². The zero-order valence-corrected chi connectivity index (χ0v) is 10.9. The van der Waals surface area contributed by atoms with Crippen molar-refractivity contribution in [2.75, 3.05) is 0 Å². The van der Waals surface area contributed by atoms with Gasteiger partial charge in [0.2, 0.25) is 0 Å². The lowest BCUT2D eigenvalue weighted by Crippen LogP contribution is -1.82. The van der Waals surface area contributed by atoms with Crippen LogP contribution in [0.3, 0.4) is 0 Å². The van der Waals surface area contributed by atoms with E-state index in [0.29, 0.717) is 0 Å². The van der Waals surface area contributed by atoms with Crippen molar-refractivity contribution in [1.29, 1.82) is 0 Å². The van der Waals surface area contributed by atoms with E-state index in [1.54, 1.807) is 0 Å². The normalized spacial score (nSPS) is 11.0. The highest BCUT2D eigenvalue weighted by molar-refractivity contribution is 7.97. The highest BCUT2D eigenvalue weighted by Crippen LogP contribution is 2.30. The van der Waals surface area contributed by atoms with E-state index in [2.05, 4.69) is 60.6 Å². The summed E-state index contributed by atoms with van der Waals surface area (Å²) in [7, 11) is 0. The third-order valence-corrected chi connectivity index (χ3v) is 3.77. The number of fused-ring (bicyclic) bond motifs is 1. The van der Waals surface area contributed by atoms with Crippen LogP contribution in [0.2, 0.25) is 0 Å². The Morgan fingerprint density at radius 2 is 1.83 bits per heavy atom. The Labute approximate surface area is 110 Å². The van der Waals surface area contributed by atoms with E-state index in [1.807, 2.05) is 0 Å². The molecule has 3 N–H and O–H groups in total. The molecule has 2 aromatic carbocycles. The number of para-hydroxylation sites is 1. The first-order chi connectivity index (χ1) is 8.79. The lowest BCUT2D eigenvalue weighted by molar-refractivity contribution is 1.42. The maximum atomic E-state index is 5.54. The number of rotatable bonds is 2. The number of nitrogens with one attached hydrogen (secondary N) is 1. The highest BCUT2D eigenvalue weighted by atomic mass is 32.2. The number of nitrogens with two attached hydrogens (primary N) is 1. The molecule has 0 aliphatic heterocycles. The van der Waals surface area contributed by atoms with Crippen molar-refractivity contribution >= 4 is 22.9 Å². The number of H-pyrrole nitrogens is 1. The van der Waals surface area contributed by atoms with Crippen molar-refractivity contribution in [3.8, 4) is 11.1 Å². The quantitative estimate of drug-likeness (QED) is 0.676. The van der Waals surface area contributed by atoms with Gasteiger partial charge >= 0.3 is 0 Å². The molecule has 0 saturated carbocycles. The average molecular weight is 254 g/mol. The summed E-state index contributed by atoms with van der Waals surface area (Å²) in [4.78, 5) is 4.43. The summed E-state index contributed by atoms with van der Waals surface area (Å²) in [6, 6.07) is 14.7. The second-order valence-electron chi connectivity index (χ2n) is 4.34. The molecule has 2 nitrogen and oxygen atoms in total. The molecule has 1 aromatic heterocycles. The fraction of sp³-hybridized carbons (Fsp3) is 0.0667. The van der Waals surface area contributed by atoms with Gasteiger partial charge in [0.1, 0.15) is 0 Å². The molecule has 18 heavy (non-hydrogen) atoms. The second-order valence-corrected chi connectivity index (χ2v) is 5.05. The van der Waals surface area contributed by atoms with E-state index in [4.69, 9.17) is 5.14 Å². The molecule has 3 aromatic rings. The van der Waals surface area contributed by atoms with Gasteiger partial charge in [-0.15, -0.1) is 0 Å². The molecule has 0 unspecified atom stereocenters. The highest BCUT2D eigenvalue weighted by Gasteiger charge is 2.06. The number of aryl methyl sites for hydroxylation is 1. The third kappa shape index (κ3) is 1.82. The summed E-state index contributed by atoms with van der Waals surface area (Å²) in [5.74, 6) is 0. The molecule has 0 bridgehead atoms. The summed E-state index contributed by atoms with van der Waals surface area (Å²) in [6.07, 6.45) is 2.05. The third-order valence-electron chi connectivity index (χ3n) is 3.22. The van der Waals surface area contributed by atoms with Gasteiger partial charge in [-0.05, 0) is 42.1 Å². The van der Waals surface area contributed by atoms with Crippen LogP contribution in [-0.4, -0.2) is 4.98 Å². The number of benzene rings is 2. The van der Waals surface area contributed by atoms with Crippen molar-refractivity contribution in [2.45, 2.75) is 11.8 Å². The summed E-state index contributed by atoms with van der Waals surface area (Å²) < 4.78 is 0. The molecule has 0 aliphatic carbocycles. The standard InChI is InChI=1S/C15H14N2S/c1-10-9-17-15-13(10)3-2-4-14(15)11-5-7-12(18-16)8-6-11/h2-9,17H,16H2,1H3. The lowest BCUT2D eigenvalue weighted by atomic mass is 10.0. The van der Waals surface area contributed by atoms with Crippen LogP contribution in [0.1, 0.15) is 5.56 Å². The van der Waals surface area contributed by atoms with Gasteiger partial charge in [0.15, 0.2) is 0 Å². The second kappa shape index (κ2) is 4.52. The monoisotopic (exact) mass is 254 g/mol. The molecule has 0 amide bonds. The molecule has 0 atom stereocenters. The molecule has 0 radical (unpaired) electrons. The van der Waals surface area contributed by atoms with Gasteiger partial charge in [-0.25, -0.2) is 0 Å². The fourth-order valence-corrected chi connectivity index (χ4v) is 2.54. The molecular formula is C15H14N2S. The Hall–Kier alpha value is -1.71. The maximum Gasteiger partial charge on any atom is 0.0536 e. The van der Waals surface area contributed by atoms with Crippen LogP contribution in [0, 0.1) is 6.92 Å². The Morgan fingerprint density at radius 3 is 2.56 bits per heavy atom. The molecular weight excluding hydrogens is 240 g/mol. The number of hydrogen-bond acceptors (Lipinski definition) is 2. The van der Waals surface area contributed by atoms with Crippen LogP contribution in [0.5, 0.6) is 0 Å².